The second-order valence-corrected chi connectivity index (χ2v) is 12.1. The normalized spacial score (nSPS) is 11.6. The zero-order valence-corrected chi connectivity index (χ0v) is 15.8. The summed E-state index contributed by atoms with van der Waals surface area (Å²) in [6, 6.07) is 30.8. The summed E-state index contributed by atoms with van der Waals surface area (Å²) in [7, 11) is -4.63. The molecular weight excluding hydrogens is 359 g/mol. The fraction of sp³-hybridized carbons (Fsp3) is 0. The quantitative estimate of drug-likeness (QED) is 0.379. The highest BCUT2D eigenvalue weighted by Crippen LogP contribution is 2.14. The van der Waals surface area contributed by atoms with Crippen molar-refractivity contribution in [2.24, 2.45) is 0 Å². The standard InChI is InChI=1S/C18H15Cl2OSi2/c19-22(20)21-23(16-10-4-1-5-11-16,17-12-6-2-7-13-17)18-14-8-3-9-15-18/h1-15H. The first kappa shape index (κ1) is 16.5. The highest BCUT2D eigenvalue weighted by molar-refractivity contribution is 7.33. The monoisotopic (exact) mass is 373 g/mol. The fourth-order valence-corrected chi connectivity index (χ4v) is 10.2. The first-order chi connectivity index (χ1) is 11.2. The highest BCUT2D eigenvalue weighted by Gasteiger charge is 2.43. The lowest BCUT2D eigenvalue weighted by atomic mass is 10.3. The van der Waals surface area contributed by atoms with E-state index in [1.165, 1.54) is 0 Å². The molecule has 115 valence electrons. The average Bonchev–Trinajstić information content (AvgIpc) is 2.62. The van der Waals surface area contributed by atoms with Crippen LogP contribution in [0.25, 0.3) is 0 Å². The molecule has 0 heterocycles. The predicted molar refractivity (Wildman–Crippen MR) is 103 cm³/mol. The zero-order chi connectivity index (χ0) is 16.1. The molecule has 0 spiro atoms. The lowest BCUT2D eigenvalue weighted by Crippen LogP contribution is -2.70. The third kappa shape index (κ3) is 3.44. The van der Waals surface area contributed by atoms with Crippen molar-refractivity contribution in [2.45, 2.75) is 0 Å². The van der Waals surface area contributed by atoms with E-state index < -0.39 is 16.0 Å². The van der Waals surface area contributed by atoms with Gasteiger partial charge in [-0.2, -0.15) is 0 Å². The van der Waals surface area contributed by atoms with Crippen molar-refractivity contribution in [2.75, 3.05) is 0 Å². The van der Waals surface area contributed by atoms with Gasteiger partial charge in [0.25, 0.3) is 8.32 Å². The largest absolute Gasteiger partial charge is 0.428 e. The molecule has 0 aliphatic carbocycles. The maximum atomic E-state index is 6.37. The molecule has 0 bridgehead atoms. The van der Waals surface area contributed by atoms with Gasteiger partial charge >= 0.3 is 7.66 Å². The smallest absolute Gasteiger partial charge is 0.422 e. The number of halogens is 2. The Morgan fingerprint density at radius 3 is 1.13 bits per heavy atom. The van der Waals surface area contributed by atoms with E-state index in [4.69, 9.17) is 26.3 Å². The number of hydrogen-bond acceptors (Lipinski definition) is 1. The van der Waals surface area contributed by atoms with Crippen LogP contribution in [0.1, 0.15) is 0 Å². The topological polar surface area (TPSA) is 9.23 Å². The van der Waals surface area contributed by atoms with Crippen LogP contribution < -0.4 is 15.6 Å². The molecule has 23 heavy (non-hydrogen) atoms. The van der Waals surface area contributed by atoms with Crippen molar-refractivity contribution in [3.63, 3.8) is 0 Å². The molecule has 3 rings (SSSR count). The zero-order valence-electron chi connectivity index (χ0n) is 12.3. The highest BCUT2D eigenvalue weighted by atomic mass is 35.7. The second kappa shape index (κ2) is 7.47. The molecule has 1 radical (unpaired) electrons. The van der Waals surface area contributed by atoms with Gasteiger partial charge in [0.2, 0.25) is 0 Å². The van der Waals surface area contributed by atoms with E-state index >= 15 is 0 Å². The van der Waals surface area contributed by atoms with Crippen LogP contribution in [-0.2, 0) is 4.12 Å². The molecule has 0 aliphatic heterocycles. The Morgan fingerprint density at radius 1 is 0.565 bits per heavy atom. The van der Waals surface area contributed by atoms with E-state index in [0.717, 1.165) is 15.6 Å². The summed E-state index contributed by atoms with van der Waals surface area (Å²) in [5.41, 5.74) is 0. The molecule has 0 unspecified atom stereocenters. The summed E-state index contributed by atoms with van der Waals surface area (Å²) in [6.07, 6.45) is 0. The molecule has 3 aromatic carbocycles. The summed E-state index contributed by atoms with van der Waals surface area (Å²) in [4.78, 5) is 0. The van der Waals surface area contributed by atoms with Gasteiger partial charge in [-0.1, -0.05) is 91.0 Å². The SMILES string of the molecule is Cl[Si](Cl)O[Si](c1ccccc1)(c1ccccc1)c1ccccc1. The number of rotatable bonds is 5. The Kier molecular flexibility index (Phi) is 5.35. The Bertz CT molecular complexity index is 640. The molecule has 1 nitrogen and oxygen atoms in total. The minimum absolute atomic E-state index is 1.14. The van der Waals surface area contributed by atoms with Crippen LogP contribution in [0.15, 0.2) is 91.0 Å². The van der Waals surface area contributed by atoms with Crippen molar-refractivity contribution < 1.29 is 4.12 Å². The van der Waals surface area contributed by atoms with Gasteiger partial charge in [-0.05, 0) is 15.6 Å². The molecule has 0 amide bonds. The summed E-state index contributed by atoms with van der Waals surface area (Å²) in [5.74, 6) is 0. The van der Waals surface area contributed by atoms with Gasteiger partial charge in [0, 0.05) is 0 Å². The van der Waals surface area contributed by atoms with Crippen LogP contribution in [0.5, 0.6) is 0 Å². The third-order valence-corrected chi connectivity index (χ3v) is 10.4. The van der Waals surface area contributed by atoms with Crippen LogP contribution >= 0.6 is 22.2 Å². The van der Waals surface area contributed by atoms with Gasteiger partial charge in [0.05, 0.1) is 0 Å². The molecule has 0 saturated carbocycles. The van der Waals surface area contributed by atoms with Gasteiger partial charge < -0.3 is 4.12 Å². The van der Waals surface area contributed by atoms with Crippen molar-refractivity contribution in [1.82, 2.24) is 0 Å². The molecule has 0 N–H and O–H groups in total. The van der Waals surface area contributed by atoms with E-state index in [9.17, 15) is 0 Å². The van der Waals surface area contributed by atoms with E-state index in [2.05, 4.69) is 36.4 Å². The predicted octanol–water partition coefficient (Wildman–Crippen LogP) is 3.13. The first-order valence-electron chi connectivity index (χ1n) is 7.27. The summed E-state index contributed by atoms with van der Waals surface area (Å²) in [5, 5.41) is 3.42. The lowest BCUT2D eigenvalue weighted by molar-refractivity contribution is 0.629. The van der Waals surface area contributed by atoms with E-state index in [1.807, 2.05) is 54.6 Å². The average molecular weight is 374 g/mol. The maximum Gasteiger partial charge on any atom is 0.428 e. The third-order valence-electron chi connectivity index (χ3n) is 3.77. The Labute approximate surface area is 148 Å². The van der Waals surface area contributed by atoms with Gasteiger partial charge in [-0.25, -0.2) is 0 Å². The van der Waals surface area contributed by atoms with Gasteiger partial charge in [-0.3, -0.25) is 0 Å². The van der Waals surface area contributed by atoms with Crippen molar-refractivity contribution in [3.05, 3.63) is 91.0 Å². The molecule has 0 aliphatic rings. The summed E-state index contributed by atoms with van der Waals surface area (Å²) < 4.78 is 6.37. The Balaban J connectivity index is 2.30. The van der Waals surface area contributed by atoms with E-state index in [-0.39, 0.29) is 0 Å². The van der Waals surface area contributed by atoms with Gasteiger partial charge in [0.15, 0.2) is 0 Å². The van der Waals surface area contributed by atoms with Gasteiger partial charge in [-0.15, -0.1) is 22.2 Å². The molecule has 0 fully saturated rings. The fourth-order valence-electron chi connectivity index (χ4n) is 2.81. The summed E-state index contributed by atoms with van der Waals surface area (Å²) in [6.45, 7) is 0. The minimum Gasteiger partial charge on any atom is -0.422 e. The van der Waals surface area contributed by atoms with Crippen LogP contribution in [0.3, 0.4) is 0 Å². The van der Waals surface area contributed by atoms with Crippen molar-refractivity contribution >= 4 is 53.7 Å². The summed E-state index contributed by atoms with van der Waals surface area (Å²) >= 11 is 12.4. The van der Waals surface area contributed by atoms with Crippen LogP contribution in [0.4, 0.5) is 0 Å². The first-order valence-corrected chi connectivity index (χ1v) is 12.6. The molecule has 0 saturated heterocycles. The van der Waals surface area contributed by atoms with Gasteiger partial charge in [0.1, 0.15) is 0 Å². The minimum atomic E-state index is -2.71. The Morgan fingerprint density at radius 2 is 0.870 bits per heavy atom. The molecule has 3 aromatic rings. The molecule has 5 heteroatoms. The van der Waals surface area contributed by atoms with E-state index in [0.29, 0.717) is 0 Å². The number of benzene rings is 3. The number of hydrogen-bond donors (Lipinski definition) is 0. The van der Waals surface area contributed by atoms with Crippen molar-refractivity contribution in [3.8, 4) is 0 Å². The molecule has 0 aromatic heterocycles. The molecular formula is C18H15Cl2OSi2. The Hall–Kier alpha value is -1.37. The van der Waals surface area contributed by atoms with Crippen LogP contribution in [0.2, 0.25) is 0 Å². The second-order valence-electron chi connectivity index (χ2n) is 5.11. The van der Waals surface area contributed by atoms with Crippen LogP contribution in [-0.4, -0.2) is 16.0 Å². The molecule has 0 atom stereocenters. The maximum absolute atomic E-state index is 6.37. The van der Waals surface area contributed by atoms with E-state index in [1.54, 1.807) is 0 Å². The van der Waals surface area contributed by atoms with Crippen LogP contribution in [0, 0.1) is 0 Å². The van der Waals surface area contributed by atoms with Crippen molar-refractivity contribution in [1.29, 1.82) is 0 Å². The lowest BCUT2D eigenvalue weighted by Gasteiger charge is -2.33.